The fourth-order valence-corrected chi connectivity index (χ4v) is 0.869. The summed E-state index contributed by atoms with van der Waals surface area (Å²) in [4.78, 5) is 30.3. The van der Waals surface area contributed by atoms with Gasteiger partial charge in [0.15, 0.2) is 0 Å². The van der Waals surface area contributed by atoms with Crippen molar-refractivity contribution in [3.05, 3.63) is 34.4 Å². The molecule has 72 valence electrons. The second-order valence-corrected chi connectivity index (χ2v) is 2.41. The molecule has 0 spiro atoms. The lowest BCUT2D eigenvalue weighted by Crippen LogP contribution is -2.12. The van der Waals surface area contributed by atoms with Gasteiger partial charge in [0, 0.05) is 17.8 Å². The standard InChI is InChI=1S/C8H6N2O4/c11-5-8(12)9-6-2-1-3-7(4-6)10(13)14/h1-5H,(H,9,12). The summed E-state index contributed by atoms with van der Waals surface area (Å²) in [5.41, 5.74) is 0.0741. The van der Waals surface area contributed by atoms with Crippen molar-refractivity contribution in [1.82, 2.24) is 0 Å². The predicted octanol–water partition coefficient (Wildman–Crippen LogP) is 0.732. The van der Waals surface area contributed by atoms with E-state index in [4.69, 9.17) is 0 Å². The Balaban J connectivity index is 2.88. The van der Waals surface area contributed by atoms with Crippen LogP contribution in [0.3, 0.4) is 0 Å². The number of nitro groups is 1. The molecule has 0 unspecified atom stereocenters. The Morgan fingerprint density at radius 3 is 2.79 bits per heavy atom. The number of anilines is 1. The molecule has 6 nitrogen and oxygen atoms in total. The molecule has 1 amide bonds. The Morgan fingerprint density at radius 1 is 1.50 bits per heavy atom. The molecule has 1 rings (SSSR count). The molecule has 0 fully saturated rings. The van der Waals surface area contributed by atoms with Gasteiger partial charge in [-0.2, -0.15) is 0 Å². The Labute approximate surface area is 78.7 Å². The summed E-state index contributed by atoms with van der Waals surface area (Å²) in [6, 6.07) is 5.32. The molecule has 14 heavy (non-hydrogen) atoms. The van der Waals surface area contributed by atoms with Gasteiger partial charge in [0.1, 0.15) is 0 Å². The average Bonchev–Trinajstić information content (AvgIpc) is 2.18. The van der Waals surface area contributed by atoms with Crippen molar-refractivity contribution >= 4 is 23.6 Å². The highest BCUT2D eigenvalue weighted by molar-refractivity contribution is 6.29. The number of aldehydes is 1. The molecule has 0 bridgehead atoms. The van der Waals surface area contributed by atoms with Crippen LogP contribution in [0.25, 0.3) is 0 Å². The molecule has 0 saturated carbocycles. The van der Waals surface area contributed by atoms with Crippen molar-refractivity contribution in [2.75, 3.05) is 5.32 Å². The van der Waals surface area contributed by atoms with Crippen molar-refractivity contribution in [1.29, 1.82) is 0 Å². The highest BCUT2D eigenvalue weighted by Crippen LogP contribution is 2.16. The SMILES string of the molecule is O=CC(=O)Nc1cccc([N+](=O)[O-])c1. The van der Waals surface area contributed by atoms with Gasteiger partial charge in [-0.15, -0.1) is 0 Å². The molecule has 1 N–H and O–H groups in total. The molecule has 0 aliphatic carbocycles. The zero-order chi connectivity index (χ0) is 10.6. The first-order valence-electron chi connectivity index (χ1n) is 3.64. The molecule has 6 heteroatoms. The topological polar surface area (TPSA) is 89.3 Å². The third kappa shape index (κ3) is 2.37. The van der Waals surface area contributed by atoms with E-state index in [1.165, 1.54) is 24.3 Å². The normalized spacial score (nSPS) is 9.14. The van der Waals surface area contributed by atoms with Gasteiger partial charge >= 0.3 is 0 Å². The summed E-state index contributed by atoms with van der Waals surface area (Å²) < 4.78 is 0. The van der Waals surface area contributed by atoms with Crippen LogP contribution in [-0.2, 0) is 9.59 Å². The van der Waals surface area contributed by atoms with Crippen molar-refractivity contribution in [2.45, 2.75) is 0 Å². The van der Waals surface area contributed by atoms with Crippen LogP contribution >= 0.6 is 0 Å². The smallest absolute Gasteiger partial charge is 0.288 e. The van der Waals surface area contributed by atoms with Crippen molar-refractivity contribution in [3.8, 4) is 0 Å². The molecule has 0 aliphatic rings. The number of hydrogen-bond acceptors (Lipinski definition) is 4. The van der Waals surface area contributed by atoms with Crippen LogP contribution < -0.4 is 5.32 Å². The molecular formula is C8H6N2O4. The first kappa shape index (κ1) is 9.85. The summed E-state index contributed by atoms with van der Waals surface area (Å²) in [6.45, 7) is 0. The third-order valence-corrected chi connectivity index (χ3v) is 1.43. The minimum Gasteiger partial charge on any atom is -0.319 e. The van der Waals surface area contributed by atoms with Gasteiger partial charge in [-0.25, -0.2) is 0 Å². The van der Waals surface area contributed by atoms with Crippen LogP contribution in [0, 0.1) is 10.1 Å². The molecule has 0 radical (unpaired) electrons. The quantitative estimate of drug-likeness (QED) is 0.332. The second kappa shape index (κ2) is 4.13. The number of non-ortho nitro benzene ring substituents is 1. The van der Waals surface area contributed by atoms with Gasteiger partial charge in [0.05, 0.1) is 4.92 Å². The fourth-order valence-electron chi connectivity index (χ4n) is 0.869. The van der Waals surface area contributed by atoms with E-state index in [1.807, 2.05) is 0 Å². The lowest BCUT2D eigenvalue weighted by atomic mass is 10.3. The molecule has 0 atom stereocenters. The number of carbonyl (C=O) groups excluding carboxylic acids is 2. The van der Waals surface area contributed by atoms with E-state index in [0.29, 0.717) is 0 Å². The maximum atomic E-state index is 10.6. The van der Waals surface area contributed by atoms with Gasteiger partial charge < -0.3 is 5.32 Å². The van der Waals surface area contributed by atoms with Crippen molar-refractivity contribution in [3.63, 3.8) is 0 Å². The fraction of sp³-hybridized carbons (Fsp3) is 0. The van der Waals surface area contributed by atoms with Crippen LogP contribution in [0.2, 0.25) is 0 Å². The second-order valence-electron chi connectivity index (χ2n) is 2.41. The van der Waals surface area contributed by atoms with E-state index in [1.54, 1.807) is 0 Å². The van der Waals surface area contributed by atoms with Crippen LogP contribution in [0.15, 0.2) is 24.3 Å². The number of amides is 1. The predicted molar refractivity (Wildman–Crippen MR) is 47.8 cm³/mol. The summed E-state index contributed by atoms with van der Waals surface area (Å²) in [6.07, 6.45) is 0.0961. The molecule has 1 aromatic carbocycles. The third-order valence-electron chi connectivity index (χ3n) is 1.43. The zero-order valence-electron chi connectivity index (χ0n) is 6.97. The van der Waals surface area contributed by atoms with Gasteiger partial charge in [0.2, 0.25) is 6.29 Å². The van der Waals surface area contributed by atoms with E-state index < -0.39 is 10.8 Å². The maximum absolute atomic E-state index is 10.6. The number of hydrogen-bond donors (Lipinski definition) is 1. The molecule has 0 aromatic heterocycles. The largest absolute Gasteiger partial charge is 0.319 e. The van der Waals surface area contributed by atoms with Crippen molar-refractivity contribution < 1.29 is 14.5 Å². The van der Waals surface area contributed by atoms with Crippen LogP contribution in [0.5, 0.6) is 0 Å². The van der Waals surface area contributed by atoms with Gasteiger partial charge in [-0.1, -0.05) is 6.07 Å². The van der Waals surface area contributed by atoms with E-state index in [0.717, 1.165) is 0 Å². The van der Waals surface area contributed by atoms with Crippen LogP contribution in [0.4, 0.5) is 11.4 Å². The van der Waals surface area contributed by atoms with Gasteiger partial charge in [-0.05, 0) is 6.07 Å². The van der Waals surface area contributed by atoms with E-state index in [-0.39, 0.29) is 17.7 Å². The monoisotopic (exact) mass is 194 g/mol. The van der Waals surface area contributed by atoms with E-state index in [2.05, 4.69) is 5.32 Å². The highest BCUT2D eigenvalue weighted by Gasteiger charge is 2.06. The Hall–Kier alpha value is -2.24. The summed E-state index contributed by atoms with van der Waals surface area (Å²) in [5, 5.41) is 12.5. The number of nitro benzene ring substituents is 1. The Kier molecular flexibility index (Phi) is 2.90. The van der Waals surface area contributed by atoms with Crippen LogP contribution in [0.1, 0.15) is 0 Å². The molecule has 0 saturated heterocycles. The van der Waals surface area contributed by atoms with E-state index in [9.17, 15) is 19.7 Å². The molecule has 0 heterocycles. The lowest BCUT2D eigenvalue weighted by molar-refractivity contribution is -0.384. The zero-order valence-corrected chi connectivity index (χ0v) is 6.97. The van der Waals surface area contributed by atoms with Crippen molar-refractivity contribution in [2.24, 2.45) is 0 Å². The molecule has 1 aromatic rings. The number of rotatable bonds is 3. The number of benzene rings is 1. The van der Waals surface area contributed by atoms with Gasteiger partial charge in [-0.3, -0.25) is 19.7 Å². The molecular weight excluding hydrogens is 188 g/mol. The first-order chi connectivity index (χ1) is 6.63. The average molecular weight is 194 g/mol. The van der Waals surface area contributed by atoms with Crippen LogP contribution in [-0.4, -0.2) is 17.1 Å². The minimum absolute atomic E-state index is 0.0961. The Morgan fingerprint density at radius 2 is 2.21 bits per heavy atom. The Bertz CT molecular complexity index is 389. The minimum atomic E-state index is -0.842. The summed E-state index contributed by atoms with van der Waals surface area (Å²) in [7, 11) is 0. The highest BCUT2D eigenvalue weighted by atomic mass is 16.6. The van der Waals surface area contributed by atoms with Gasteiger partial charge in [0.25, 0.3) is 11.6 Å². The summed E-state index contributed by atoms with van der Waals surface area (Å²) in [5.74, 6) is -0.842. The lowest BCUT2D eigenvalue weighted by Gasteiger charge is -1.99. The molecule has 0 aliphatic heterocycles. The number of nitrogens with one attached hydrogen (secondary N) is 1. The number of nitrogens with zero attached hydrogens (tertiary/aromatic N) is 1. The van der Waals surface area contributed by atoms with E-state index >= 15 is 0 Å². The first-order valence-corrected chi connectivity index (χ1v) is 3.64. The number of carbonyl (C=O) groups is 2. The summed E-state index contributed by atoms with van der Waals surface area (Å²) >= 11 is 0. The maximum Gasteiger partial charge on any atom is 0.288 e.